The number of halogens is 1. The van der Waals surface area contributed by atoms with Gasteiger partial charge in [-0.1, -0.05) is 56.5 Å². The number of thioether (sulfide) groups is 1. The first-order chi connectivity index (χ1) is 12.5. The van der Waals surface area contributed by atoms with Gasteiger partial charge in [-0.2, -0.15) is 0 Å². The first-order valence-corrected chi connectivity index (χ1v) is 10.8. The Morgan fingerprint density at radius 2 is 2.00 bits per heavy atom. The normalized spacial score (nSPS) is 23.0. The smallest absolute Gasteiger partial charge is 0.287 e. The predicted molar refractivity (Wildman–Crippen MR) is 109 cm³/mol. The van der Waals surface area contributed by atoms with Crippen molar-refractivity contribution >= 4 is 29.3 Å². The molecule has 1 amide bonds. The molecule has 1 aliphatic carbocycles. The van der Waals surface area contributed by atoms with Crippen molar-refractivity contribution in [2.24, 2.45) is 11.8 Å². The lowest BCUT2D eigenvalue weighted by atomic mass is 9.78. The largest absolute Gasteiger partial charge is 0.455 e. The molecule has 1 aliphatic rings. The highest BCUT2D eigenvalue weighted by Crippen LogP contribution is 2.30. The molecule has 0 saturated heterocycles. The van der Waals surface area contributed by atoms with Crippen molar-refractivity contribution in [1.82, 2.24) is 5.32 Å². The molecule has 3 rings (SSSR count). The van der Waals surface area contributed by atoms with E-state index in [1.165, 1.54) is 12.8 Å². The first kappa shape index (κ1) is 19.4. The van der Waals surface area contributed by atoms with Gasteiger partial charge in [0.15, 0.2) is 5.76 Å². The molecule has 0 unspecified atom stereocenters. The van der Waals surface area contributed by atoms with Crippen LogP contribution in [0.15, 0.2) is 40.8 Å². The Hall–Kier alpha value is -1.39. The molecular weight excluding hydrogens is 366 g/mol. The van der Waals surface area contributed by atoms with Gasteiger partial charge >= 0.3 is 0 Å². The van der Waals surface area contributed by atoms with Crippen LogP contribution in [0.1, 0.15) is 55.0 Å². The maximum Gasteiger partial charge on any atom is 0.287 e. The SMILES string of the molecule is C[C@@H]1[C@H](C)CCC[C@H]1NC(=O)c1ccc(CSCc2ccccc2Cl)o1. The molecule has 1 fully saturated rings. The van der Waals surface area contributed by atoms with Crippen molar-refractivity contribution < 1.29 is 9.21 Å². The number of nitrogens with one attached hydrogen (secondary N) is 1. The van der Waals surface area contributed by atoms with E-state index in [0.29, 0.717) is 17.6 Å². The number of hydrogen-bond acceptors (Lipinski definition) is 3. The van der Waals surface area contributed by atoms with Gasteiger partial charge in [-0.15, -0.1) is 11.8 Å². The van der Waals surface area contributed by atoms with Gasteiger partial charge in [-0.05, 0) is 42.0 Å². The van der Waals surface area contributed by atoms with Crippen LogP contribution in [0.2, 0.25) is 5.02 Å². The number of benzene rings is 1. The summed E-state index contributed by atoms with van der Waals surface area (Å²) < 4.78 is 5.75. The van der Waals surface area contributed by atoms with Crippen molar-refractivity contribution in [2.45, 2.75) is 50.7 Å². The Bertz CT molecular complexity index is 745. The minimum atomic E-state index is -0.0988. The van der Waals surface area contributed by atoms with Crippen molar-refractivity contribution in [3.05, 3.63) is 58.5 Å². The molecule has 0 radical (unpaired) electrons. The maximum atomic E-state index is 12.5. The van der Waals surface area contributed by atoms with Crippen molar-refractivity contribution in [3.63, 3.8) is 0 Å². The molecule has 5 heteroatoms. The molecule has 1 saturated carbocycles. The van der Waals surface area contributed by atoms with Gasteiger partial charge in [-0.3, -0.25) is 4.79 Å². The Balaban J connectivity index is 1.51. The van der Waals surface area contributed by atoms with Crippen LogP contribution in [0.4, 0.5) is 0 Å². The van der Waals surface area contributed by atoms with E-state index >= 15 is 0 Å². The Kier molecular flexibility index (Phi) is 6.71. The molecule has 3 atom stereocenters. The average molecular weight is 392 g/mol. The zero-order valence-electron chi connectivity index (χ0n) is 15.3. The zero-order chi connectivity index (χ0) is 18.5. The lowest BCUT2D eigenvalue weighted by Crippen LogP contribution is -2.43. The third kappa shape index (κ3) is 4.86. The molecule has 0 bridgehead atoms. The monoisotopic (exact) mass is 391 g/mol. The van der Waals surface area contributed by atoms with Crippen molar-refractivity contribution in [1.29, 1.82) is 0 Å². The predicted octanol–water partition coefficient (Wildman–Crippen LogP) is 5.92. The van der Waals surface area contributed by atoms with Gasteiger partial charge in [0.05, 0.1) is 5.75 Å². The van der Waals surface area contributed by atoms with Gasteiger partial charge in [0, 0.05) is 16.8 Å². The molecule has 1 N–H and O–H groups in total. The number of carbonyl (C=O) groups excluding carboxylic acids is 1. The molecular formula is C21H26ClNO2S. The standard InChI is InChI=1S/C21H26ClNO2S/c1-14-6-5-9-19(15(14)2)23-21(24)20-11-10-17(25-20)13-26-12-16-7-3-4-8-18(16)22/h3-4,7-8,10-11,14-15,19H,5-6,9,12-13H2,1-2H3,(H,23,24)/t14-,15-,19-/m1/s1. The molecule has 0 spiro atoms. The third-order valence-electron chi connectivity index (χ3n) is 5.37. The quantitative estimate of drug-likeness (QED) is 0.664. The lowest BCUT2D eigenvalue weighted by Gasteiger charge is -2.34. The molecule has 0 aliphatic heterocycles. The highest BCUT2D eigenvalue weighted by Gasteiger charge is 2.29. The summed E-state index contributed by atoms with van der Waals surface area (Å²) in [6.45, 7) is 4.50. The fraction of sp³-hybridized carbons (Fsp3) is 0.476. The number of hydrogen-bond donors (Lipinski definition) is 1. The molecule has 26 heavy (non-hydrogen) atoms. The second-order valence-corrected chi connectivity index (χ2v) is 8.59. The number of furan rings is 1. The Labute approximate surface area is 164 Å². The Morgan fingerprint density at radius 3 is 2.81 bits per heavy atom. The second kappa shape index (κ2) is 9.01. The van der Waals surface area contributed by atoms with Crippen LogP contribution in [0.3, 0.4) is 0 Å². The summed E-state index contributed by atoms with van der Waals surface area (Å²) in [7, 11) is 0. The second-order valence-electron chi connectivity index (χ2n) is 7.20. The minimum absolute atomic E-state index is 0.0988. The van der Waals surface area contributed by atoms with Crippen LogP contribution in [-0.4, -0.2) is 11.9 Å². The van der Waals surface area contributed by atoms with Gasteiger partial charge < -0.3 is 9.73 Å². The van der Waals surface area contributed by atoms with Gasteiger partial charge in [0.25, 0.3) is 5.91 Å². The number of amides is 1. The molecule has 1 heterocycles. The molecule has 2 aromatic rings. The molecule has 140 valence electrons. The lowest BCUT2D eigenvalue weighted by molar-refractivity contribution is 0.0861. The summed E-state index contributed by atoms with van der Waals surface area (Å²) in [6.07, 6.45) is 3.48. The summed E-state index contributed by atoms with van der Waals surface area (Å²) in [5, 5.41) is 3.95. The van der Waals surface area contributed by atoms with E-state index < -0.39 is 0 Å². The van der Waals surface area contributed by atoms with E-state index in [2.05, 4.69) is 19.2 Å². The van der Waals surface area contributed by atoms with Crippen LogP contribution < -0.4 is 5.32 Å². The number of carbonyl (C=O) groups is 1. The van der Waals surface area contributed by atoms with Crippen LogP contribution in [-0.2, 0) is 11.5 Å². The average Bonchev–Trinajstić information content (AvgIpc) is 3.10. The van der Waals surface area contributed by atoms with E-state index in [9.17, 15) is 4.79 Å². The van der Waals surface area contributed by atoms with Crippen LogP contribution >= 0.6 is 23.4 Å². The van der Waals surface area contributed by atoms with Crippen LogP contribution in [0, 0.1) is 11.8 Å². The fourth-order valence-corrected chi connectivity index (χ4v) is 4.69. The van der Waals surface area contributed by atoms with Gasteiger partial charge in [-0.25, -0.2) is 0 Å². The van der Waals surface area contributed by atoms with E-state index in [1.807, 2.05) is 30.3 Å². The van der Waals surface area contributed by atoms with Crippen LogP contribution in [0.5, 0.6) is 0 Å². The topological polar surface area (TPSA) is 42.2 Å². The maximum absolute atomic E-state index is 12.5. The summed E-state index contributed by atoms with van der Waals surface area (Å²) in [5.74, 6) is 3.82. The number of rotatable bonds is 6. The highest BCUT2D eigenvalue weighted by atomic mass is 35.5. The van der Waals surface area contributed by atoms with Crippen molar-refractivity contribution in [2.75, 3.05) is 0 Å². The van der Waals surface area contributed by atoms with E-state index in [4.69, 9.17) is 16.0 Å². The summed E-state index contributed by atoms with van der Waals surface area (Å²) in [5.41, 5.74) is 1.11. The minimum Gasteiger partial charge on any atom is -0.455 e. The first-order valence-electron chi connectivity index (χ1n) is 9.25. The summed E-state index contributed by atoms with van der Waals surface area (Å²) in [4.78, 5) is 12.5. The van der Waals surface area contributed by atoms with Crippen LogP contribution in [0.25, 0.3) is 0 Å². The fourth-order valence-electron chi connectivity index (χ4n) is 3.48. The van der Waals surface area contributed by atoms with Gasteiger partial charge in [0.2, 0.25) is 0 Å². The highest BCUT2D eigenvalue weighted by molar-refractivity contribution is 7.97. The zero-order valence-corrected chi connectivity index (χ0v) is 16.9. The van der Waals surface area contributed by atoms with E-state index in [0.717, 1.165) is 34.3 Å². The van der Waals surface area contributed by atoms with Gasteiger partial charge in [0.1, 0.15) is 5.76 Å². The summed E-state index contributed by atoms with van der Waals surface area (Å²) >= 11 is 7.90. The molecule has 1 aromatic heterocycles. The molecule has 3 nitrogen and oxygen atoms in total. The van der Waals surface area contributed by atoms with Crippen molar-refractivity contribution in [3.8, 4) is 0 Å². The summed E-state index contributed by atoms with van der Waals surface area (Å²) in [6, 6.07) is 11.8. The van der Waals surface area contributed by atoms with E-state index in [1.54, 1.807) is 17.8 Å². The Morgan fingerprint density at radius 1 is 1.19 bits per heavy atom. The van der Waals surface area contributed by atoms with E-state index in [-0.39, 0.29) is 11.9 Å². The molecule has 1 aromatic carbocycles. The third-order valence-corrected chi connectivity index (χ3v) is 6.74.